The van der Waals surface area contributed by atoms with E-state index in [1.54, 1.807) is 42.3 Å². The number of aliphatic imine (C=N–C) groups is 1. The van der Waals surface area contributed by atoms with Gasteiger partial charge in [0.25, 0.3) is 10.0 Å². The summed E-state index contributed by atoms with van der Waals surface area (Å²) in [6, 6.07) is 13.6. The van der Waals surface area contributed by atoms with Crippen LogP contribution in [0.2, 0.25) is 0 Å². The number of hydrazine groups is 1. The van der Waals surface area contributed by atoms with Crippen molar-refractivity contribution in [3.8, 4) is 0 Å². The maximum absolute atomic E-state index is 13.4. The van der Waals surface area contributed by atoms with E-state index in [1.165, 1.54) is 12.1 Å². The zero-order chi connectivity index (χ0) is 23.4. The summed E-state index contributed by atoms with van der Waals surface area (Å²) >= 11 is 0. The molecule has 2 aromatic carbocycles. The third-order valence-electron chi connectivity index (χ3n) is 5.96. The molecule has 2 unspecified atom stereocenters. The average molecular weight is 474 g/mol. The second-order valence-corrected chi connectivity index (χ2v) is 10.0. The van der Waals surface area contributed by atoms with Crippen molar-refractivity contribution in [1.29, 1.82) is 0 Å². The van der Waals surface area contributed by atoms with Crippen LogP contribution in [0.5, 0.6) is 0 Å². The predicted molar refractivity (Wildman–Crippen MR) is 123 cm³/mol. The van der Waals surface area contributed by atoms with E-state index in [-0.39, 0.29) is 47.5 Å². The molecule has 0 saturated carbocycles. The topological polar surface area (TPSA) is 103 Å². The number of rotatable bonds is 8. The van der Waals surface area contributed by atoms with Crippen LogP contribution in [0.4, 0.5) is 4.39 Å². The molecule has 2 atom stereocenters. The van der Waals surface area contributed by atoms with Gasteiger partial charge in [-0.3, -0.25) is 25.4 Å². The summed E-state index contributed by atoms with van der Waals surface area (Å²) < 4.78 is 40.1. The lowest BCUT2D eigenvalue weighted by atomic mass is 9.99. The van der Waals surface area contributed by atoms with Crippen molar-refractivity contribution in [3.63, 3.8) is 0 Å². The van der Waals surface area contributed by atoms with Crippen molar-refractivity contribution in [3.05, 3.63) is 65.5 Å². The molecule has 33 heavy (non-hydrogen) atoms. The summed E-state index contributed by atoms with van der Waals surface area (Å²) in [5.41, 5.74) is 7.93. The molecule has 1 fully saturated rings. The van der Waals surface area contributed by atoms with Gasteiger partial charge in [-0.25, -0.2) is 12.8 Å². The molecule has 0 spiro atoms. The van der Waals surface area contributed by atoms with Gasteiger partial charge in [0.2, 0.25) is 5.91 Å². The highest BCUT2D eigenvalue weighted by Gasteiger charge is 2.30. The van der Waals surface area contributed by atoms with Gasteiger partial charge in [0.15, 0.2) is 0 Å². The Bertz CT molecular complexity index is 1150. The highest BCUT2D eigenvalue weighted by molar-refractivity contribution is 7.90. The number of carbonyl (C=O) groups excluding carboxylic acids is 1. The smallest absolute Gasteiger partial charge is 0.263 e. The second-order valence-electron chi connectivity index (χ2n) is 8.37. The Morgan fingerprint density at radius 3 is 2.82 bits per heavy atom. The molecule has 2 aromatic rings. The molecule has 1 saturated heterocycles. The molecule has 0 bridgehead atoms. The van der Waals surface area contributed by atoms with Crippen molar-refractivity contribution in [2.24, 2.45) is 4.99 Å². The fourth-order valence-corrected chi connectivity index (χ4v) is 5.41. The Morgan fingerprint density at radius 1 is 1.18 bits per heavy atom. The lowest BCUT2D eigenvalue weighted by Gasteiger charge is -2.18. The molecule has 2 aliphatic rings. The van der Waals surface area contributed by atoms with E-state index in [2.05, 4.69) is 20.6 Å². The Hall–Kier alpha value is -2.82. The molecule has 2 heterocycles. The lowest BCUT2D eigenvalue weighted by Crippen LogP contribution is -2.32. The van der Waals surface area contributed by atoms with Crippen LogP contribution >= 0.6 is 0 Å². The summed E-state index contributed by atoms with van der Waals surface area (Å²) in [5.74, 6) is 0.00918. The molecule has 2 aliphatic heterocycles. The Balaban J connectivity index is 1.19. The molecule has 10 heteroatoms. The fraction of sp³-hybridized carbons (Fsp3) is 0.391. The molecule has 0 radical (unpaired) electrons. The van der Waals surface area contributed by atoms with Crippen molar-refractivity contribution < 1.29 is 17.6 Å². The van der Waals surface area contributed by atoms with E-state index in [9.17, 15) is 17.6 Å². The molecule has 3 N–H and O–H groups in total. The Labute approximate surface area is 193 Å². The maximum Gasteiger partial charge on any atom is 0.263 e. The number of sulfonamides is 1. The lowest BCUT2D eigenvalue weighted by molar-refractivity contribution is -0.129. The minimum atomic E-state index is -3.57. The van der Waals surface area contributed by atoms with Crippen molar-refractivity contribution in [2.75, 3.05) is 20.1 Å². The van der Waals surface area contributed by atoms with Gasteiger partial charge in [0, 0.05) is 37.7 Å². The molecular weight excluding hydrogens is 445 g/mol. The molecule has 0 aromatic heterocycles. The molecule has 8 nitrogen and oxygen atoms in total. The van der Waals surface area contributed by atoms with Gasteiger partial charge in [-0.1, -0.05) is 24.3 Å². The monoisotopic (exact) mass is 473 g/mol. The number of amides is 1. The van der Waals surface area contributed by atoms with E-state index in [0.717, 1.165) is 24.8 Å². The van der Waals surface area contributed by atoms with Crippen LogP contribution in [0, 0.1) is 5.82 Å². The number of nitrogens with one attached hydrogen (secondary N) is 3. The zero-order valence-electron chi connectivity index (χ0n) is 18.4. The average Bonchev–Trinajstić information content (AvgIpc) is 3.36. The number of hydrogen-bond donors (Lipinski definition) is 3. The maximum atomic E-state index is 13.4. The van der Waals surface area contributed by atoms with Gasteiger partial charge in [0.1, 0.15) is 11.7 Å². The first-order valence-electron chi connectivity index (χ1n) is 11.0. The van der Waals surface area contributed by atoms with Crippen LogP contribution in [-0.2, 0) is 14.8 Å². The number of hydrogen-bond acceptors (Lipinski definition) is 6. The third kappa shape index (κ3) is 5.58. The molecule has 176 valence electrons. The number of nitrogens with zero attached hydrogens (tertiary/aromatic N) is 2. The molecule has 4 rings (SSSR count). The summed E-state index contributed by atoms with van der Waals surface area (Å²) in [7, 11) is -1.81. The van der Waals surface area contributed by atoms with Gasteiger partial charge in [-0.05, 0) is 49.1 Å². The third-order valence-corrected chi connectivity index (χ3v) is 7.36. The normalized spacial score (nSPS) is 22.2. The standard InChI is InChI=1S/C23H28FN5O3S/c1-29(13-5-8-18-15-20(27-26-18)16-6-4-7-17(24)14-16)22(30)11-12-25-23-19-9-2-3-10-21(19)33(31,32)28-23/h2-4,6-7,9-10,14,18,20,26-27H,5,8,11-13,15H2,1H3,(H,25,28). The van der Waals surface area contributed by atoms with Crippen LogP contribution in [0.3, 0.4) is 0 Å². The molecule has 0 aliphatic carbocycles. The van der Waals surface area contributed by atoms with Crippen LogP contribution in [-0.4, -0.2) is 51.2 Å². The van der Waals surface area contributed by atoms with Crippen LogP contribution in [0.1, 0.15) is 42.9 Å². The predicted octanol–water partition coefficient (Wildman–Crippen LogP) is 2.10. The quantitative estimate of drug-likeness (QED) is 0.545. The SMILES string of the molecule is CN(CCCC1CC(c2cccc(F)c2)NN1)C(=O)CCN=C1NS(=O)(=O)c2ccccc21. The first-order valence-corrected chi connectivity index (χ1v) is 12.5. The number of benzene rings is 2. The van der Waals surface area contributed by atoms with Crippen molar-refractivity contribution >= 4 is 21.8 Å². The highest BCUT2D eigenvalue weighted by Crippen LogP contribution is 2.25. The number of amidine groups is 1. The van der Waals surface area contributed by atoms with E-state index in [0.29, 0.717) is 12.1 Å². The Kier molecular flexibility index (Phi) is 7.06. The van der Waals surface area contributed by atoms with E-state index in [4.69, 9.17) is 0 Å². The second kappa shape index (κ2) is 9.98. The van der Waals surface area contributed by atoms with E-state index in [1.807, 2.05) is 6.07 Å². The van der Waals surface area contributed by atoms with E-state index < -0.39 is 10.0 Å². The number of fused-ring (bicyclic) bond motifs is 1. The minimum absolute atomic E-state index is 0.0383. The molecule has 1 amide bonds. The van der Waals surface area contributed by atoms with Gasteiger partial charge >= 0.3 is 0 Å². The Morgan fingerprint density at radius 2 is 2.00 bits per heavy atom. The van der Waals surface area contributed by atoms with Crippen LogP contribution < -0.4 is 15.6 Å². The highest BCUT2D eigenvalue weighted by atomic mass is 32.2. The van der Waals surface area contributed by atoms with Crippen LogP contribution in [0.25, 0.3) is 0 Å². The van der Waals surface area contributed by atoms with Crippen LogP contribution in [0.15, 0.2) is 58.4 Å². The van der Waals surface area contributed by atoms with E-state index >= 15 is 0 Å². The van der Waals surface area contributed by atoms with Gasteiger partial charge in [-0.15, -0.1) is 0 Å². The van der Waals surface area contributed by atoms with Crippen molar-refractivity contribution in [1.82, 2.24) is 20.5 Å². The fourth-order valence-electron chi connectivity index (χ4n) is 4.16. The number of carbonyl (C=O) groups is 1. The summed E-state index contributed by atoms with van der Waals surface area (Å²) in [5, 5.41) is 0. The molecular formula is C23H28FN5O3S. The first kappa shape index (κ1) is 23.3. The summed E-state index contributed by atoms with van der Waals surface area (Å²) in [6.45, 7) is 0.826. The minimum Gasteiger partial charge on any atom is -0.346 e. The summed E-state index contributed by atoms with van der Waals surface area (Å²) in [6.07, 6.45) is 2.78. The largest absolute Gasteiger partial charge is 0.346 e. The first-order chi connectivity index (χ1) is 15.8. The summed E-state index contributed by atoms with van der Waals surface area (Å²) in [4.78, 5) is 18.6. The van der Waals surface area contributed by atoms with Gasteiger partial charge in [-0.2, -0.15) is 0 Å². The van der Waals surface area contributed by atoms with Gasteiger partial charge in [0.05, 0.1) is 11.4 Å². The number of halogens is 1. The zero-order valence-corrected chi connectivity index (χ0v) is 19.2. The van der Waals surface area contributed by atoms with Gasteiger partial charge < -0.3 is 4.90 Å². The van der Waals surface area contributed by atoms with Crippen molar-refractivity contribution in [2.45, 2.75) is 42.7 Å².